The lowest BCUT2D eigenvalue weighted by Gasteiger charge is -2.28. The van der Waals surface area contributed by atoms with Crippen LogP contribution in [0.15, 0.2) is 76.7 Å². The van der Waals surface area contributed by atoms with Crippen LogP contribution in [0.5, 0.6) is 0 Å². The number of rotatable bonds is 5. The summed E-state index contributed by atoms with van der Waals surface area (Å²) in [5, 5.41) is 12.2. The summed E-state index contributed by atoms with van der Waals surface area (Å²) >= 11 is 0. The number of ether oxygens (including phenoxy) is 1. The van der Waals surface area contributed by atoms with Gasteiger partial charge in [0.2, 0.25) is 0 Å². The van der Waals surface area contributed by atoms with E-state index in [4.69, 9.17) is 9.15 Å². The maximum absolute atomic E-state index is 12.5. The predicted octanol–water partition coefficient (Wildman–Crippen LogP) is 4.33. The van der Waals surface area contributed by atoms with Crippen LogP contribution in [0.25, 0.3) is 17.4 Å². The van der Waals surface area contributed by atoms with E-state index in [2.05, 4.69) is 10.2 Å². The third kappa shape index (κ3) is 4.59. The Balaban J connectivity index is 1.44. The average molecular weight is 399 g/mol. The molecule has 1 saturated heterocycles. The second kappa shape index (κ2) is 9.12. The molecule has 1 N–H and O–H groups in total. The molecule has 0 atom stereocenters. The number of nitrogens with one attached hydrogen (secondary N) is 1. The van der Waals surface area contributed by atoms with E-state index < -0.39 is 5.91 Å². The molecule has 0 saturated carbocycles. The molecule has 0 aliphatic carbocycles. The van der Waals surface area contributed by atoms with E-state index in [1.54, 1.807) is 6.07 Å². The fourth-order valence-corrected chi connectivity index (χ4v) is 3.25. The van der Waals surface area contributed by atoms with Crippen LogP contribution >= 0.6 is 0 Å². The summed E-state index contributed by atoms with van der Waals surface area (Å²) in [6.07, 6.45) is 1.45. The highest BCUT2D eigenvalue weighted by molar-refractivity contribution is 6.09. The summed E-state index contributed by atoms with van der Waals surface area (Å²) in [4.78, 5) is 14.8. The number of hydrogen-bond acceptors (Lipinski definition) is 5. The molecule has 4 rings (SSSR count). The molecule has 1 aliphatic rings. The largest absolute Gasteiger partial charge is 0.457 e. The Morgan fingerprint density at radius 2 is 1.73 bits per heavy atom. The summed E-state index contributed by atoms with van der Waals surface area (Å²) < 4.78 is 11.1. The Bertz CT molecular complexity index is 1070. The molecule has 0 radical (unpaired) electrons. The first-order chi connectivity index (χ1) is 14.7. The van der Waals surface area contributed by atoms with Gasteiger partial charge >= 0.3 is 0 Å². The summed E-state index contributed by atoms with van der Waals surface area (Å²) in [6, 6.07) is 22.7. The zero-order valence-electron chi connectivity index (χ0n) is 16.4. The average Bonchev–Trinajstić information content (AvgIpc) is 3.28. The lowest BCUT2D eigenvalue weighted by molar-refractivity contribution is -0.112. The molecule has 2 aromatic carbocycles. The molecule has 1 aliphatic heterocycles. The molecule has 6 nitrogen and oxygen atoms in total. The second-order valence-corrected chi connectivity index (χ2v) is 6.84. The van der Waals surface area contributed by atoms with E-state index in [-0.39, 0.29) is 5.57 Å². The molecule has 0 unspecified atom stereocenters. The zero-order valence-corrected chi connectivity index (χ0v) is 16.4. The third-order valence-electron chi connectivity index (χ3n) is 4.84. The highest BCUT2D eigenvalue weighted by Crippen LogP contribution is 2.24. The molecule has 30 heavy (non-hydrogen) atoms. The Hall–Kier alpha value is -3.82. The highest BCUT2D eigenvalue weighted by atomic mass is 16.5. The number of nitrogens with zero attached hydrogens (tertiary/aromatic N) is 2. The molecule has 0 spiro atoms. The van der Waals surface area contributed by atoms with Crippen molar-refractivity contribution in [3.63, 3.8) is 0 Å². The zero-order chi connectivity index (χ0) is 20.8. The fraction of sp³-hybridized carbons (Fsp3) is 0.167. The predicted molar refractivity (Wildman–Crippen MR) is 116 cm³/mol. The summed E-state index contributed by atoms with van der Waals surface area (Å²) in [6.45, 7) is 3.13. The molecule has 1 fully saturated rings. The van der Waals surface area contributed by atoms with Crippen molar-refractivity contribution < 1.29 is 13.9 Å². The van der Waals surface area contributed by atoms with Crippen molar-refractivity contribution in [1.29, 1.82) is 5.26 Å². The van der Waals surface area contributed by atoms with E-state index >= 15 is 0 Å². The van der Waals surface area contributed by atoms with Gasteiger partial charge in [0.25, 0.3) is 5.91 Å². The van der Waals surface area contributed by atoms with Gasteiger partial charge in [-0.1, -0.05) is 30.3 Å². The molecule has 1 amide bonds. The van der Waals surface area contributed by atoms with E-state index in [1.165, 1.54) is 6.08 Å². The number of anilines is 2. The van der Waals surface area contributed by atoms with Crippen LogP contribution in [0, 0.1) is 11.3 Å². The van der Waals surface area contributed by atoms with E-state index in [1.807, 2.05) is 66.7 Å². The lowest BCUT2D eigenvalue weighted by Crippen LogP contribution is -2.36. The standard InChI is InChI=1S/C24H21N3O3/c25-17-19(16-22-10-11-23(30-22)18-4-2-1-3-5-18)24(28)26-20-6-8-21(9-7-20)27-12-14-29-15-13-27/h1-11,16H,12-15H2,(H,26,28). The second-order valence-electron chi connectivity index (χ2n) is 6.84. The van der Waals surface area contributed by atoms with Crippen molar-refractivity contribution in [2.75, 3.05) is 36.5 Å². The minimum Gasteiger partial charge on any atom is -0.457 e. The molecular weight excluding hydrogens is 378 g/mol. The first-order valence-electron chi connectivity index (χ1n) is 9.74. The van der Waals surface area contributed by atoms with Crippen LogP contribution < -0.4 is 10.2 Å². The number of nitriles is 1. The molecule has 0 bridgehead atoms. The van der Waals surface area contributed by atoms with Gasteiger partial charge in [0.15, 0.2) is 0 Å². The van der Waals surface area contributed by atoms with E-state index in [0.717, 1.165) is 24.3 Å². The monoisotopic (exact) mass is 399 g/mol. The molecule has 6 heteroatoms. The van der Waals surface area contributed by atoms with Crippen molar-refractivity contribution in [3.8, 4) is 17.4 Å². The van der Waals surface area contributed by atoms with Crippen molar-refractivity contribution in [3.05, 3.63) is 78.1 Å². The Morgan fingerprint density at radius 3 is 2.43 bits per heavy atom. The van der Waals surface area contributed by atoms with E-state index in [9.17, 15) is 10.1 Å². The van der Waals surface area contributed by atoms with Crippen LogP contribution in [0.2, 0.25) is 0 Å². The van der Waals surface area contributed by atoms with Crippen LogP contribution in [0.3, 0.4) is 0 Å². The number of hydrogen-bond donors (Lipinski definition) is 1. The Labute approximate surface area is 175 Å². The quantitative estimate of drug-likeness (QED) is 0.510. The molecule has 3 aromatic rings. The van der Waals surface area contributed by atoms with Gasteiger partial charge in [0.1, 0.15) is 23.2 Å². The molecule has 1 aromatic heterocycles. The number of carbonyl (C=O) groups excluding carboxylic acids is 1. The third-order valence-corrected chi connectivity index (χ3v) is 4.84. The maximum atomic E-state index is 12.5. The maximum Gasteiger partial charge on any atom is 0.266 e. The Kier molecular flexibility index (Phi) is 5.93. The molecular formula is C24H21N3O3. The Morgan fingerprint density at radius 1 is 1.00 bits per heavy atom. The fourth-order valence-electron chi connectivity index (χ4n) is 3.25. The summed E-state index contributed by atoms with van der Waals surface area (Å²) in [5.74, 6) is 0.649. The highest BCUT2D eigenvalue weighted by Gasteiger charge is 2.13. The summed E-state index contributed by atoms with van der Waals surface area (Å²) in [5.41, 5.74) is 2.61. The van der Waals surface area contributed by atoms with Gasteiger partial charge in [0, 0.05) is 36.1 Å². The smallest absolute Gasteiger partial charge is 0.266 e. The van der Waals surface area contributed by atoms with Gasteiger partial charge in [0.05, 0.1) is 13.2 Å². The van der Waals surface area contributed by atoms with E-state index in [0.29, 0.717) is 30.4 Å². The number of amides is 1. The first-order valence-corrected chi connectivity index (χ1v) is 9.74. The normalized spacial score (nSPS) is 14.2. The minimum atomic E-state index is -0.478. The topological polar surface area (TPSA) is 78.5 Å². The molecule has 150 valence electrons. The van der Waals surface area contributed by atoms with Crippen molar-refractivity contribution in [1.82, 2.24) is 0 Å². The number of furan rings is 1. The van der Waals surface area contributed by atoms with Gasteiger partial charge in [-0.25, -0.2) is 0 Å². The van der Waals surface area contributed by atoms with Gasteiger partial charge in [-0.2, -0.15) is 5.26 Å². The van der Waals surface area contributed by atoms with Gasteiger partial charge < -0.3 is 19.4 Å². The van der Waals surface area contributed by atoms with Crippen LogP contribution in [0.4, 0.5) is 11.4 Å². The van der Waals surface area contributed by atoms with Crippen molar-refractivity contribution in [2.45, 2.75) is 0 Å². The van der Waals surface area contributed by atoms with Crippen molar-refractivity contribution in [2.24, 2.45) is 0 Å². The minimum absolute atomic E-state index is 0.0267. The van der Waals surface area contributed by atoms with Gasteiger partial charge in [-0.15, -0.1) is 0 Å². The van der Waals surface area contributed by atoms with Crippen LogP contribution in [-0.4, -0.2) is 32.2 Å². The first kappa shape index (κ1) is 19.5. The van der Waals surface area contributed by atoms with Gasteiger partial charge in [-0.05, 0) is 36.4 Å². The van der Waals surface area contributed by atoms with Crippen LogP contribution in [-0.2, 0) is 9.53 Å². The van der Waals surface area contributed by atoms with Crippen molar-refractivity contribution >= 4 is 23.4 Å². The summed E-state index contributed by atoms with van der Waals surface area (Å²) in [7, 11) is 0. The number of benzene rings is 2. The number of morpholine rings is 1. The molecule has 2 heterocycles. The van der Waals surface area contributed by atoms with Crippen LogP contribution in [0.1, 0.15) is 5.76 Å². The number of carbonyl (C=O) groups is 1. The SMILES string of the molecule is N#CC(=Cc1ccc(-c2ccccc2)o1)C(=O)Nc1ccc(N2CCOCC2)cc1. The van der Waals surface area contributed by atoms with Gasteiger partial charge in [-0.3, -0.25) is 4.79 Å². The lowest BCUT2D eigenvalue weighted by atomic mass is 10.2.